The van der Waals surface area contributed by atoms with Crippen LogP contribution in [-0.4, -0.2) is 15.8 Å². The molecule has 142 valence electrons. The predicted molar refractivity (Wildman–Crippen MR) is 118 cm³/mol. The number of aromatic hydroxyl groups is 1. The molecule has 3 rings (SSSR count). The summed E-state index contributed by atoms with van der Waals surface area (Å²) >= 11 is 0. The lowest BCUT2D eigenvalue weighted by Crippen LogP contribution is -2.03. The summed E-state index contributed by atoms with van der Waals surface area (Å²) in [6, 6.07) is 17.2. The van der Waals surface area contributed by atoms with Crippen molar-refractivity contribution in [3.8, 4) is 5.75 Å². The number of pyridine rings is 1. The second-order valence-electron chi connectivity index (χ2n) is 6.94. The van der Waals surface area contributed by atoms with E-state index in [1.165, 1.54) is 22.3 Å². The highest BCUT2D eigenvalue weighted by atomic mass is 16.3. The van der Waals surface area contributed by atoms with E-state index in [-0.39, 0.29) is 5.75 Å². The zero-order valence-electron chi connectivity index (χ0n) is 16.7. The van der Waals surface area contributed by atoms with Gasteiger partial charge in [0.2, 0.25) is 0 Å². The maximum atomic E-state index is 9.67. The van der Waals surface area contributed by atoms with E-state index in [0.29, 0.717) is 5.82 Å². The lowest BCUT2D eigenvalue weighted by Gasteiger charge is -2.13. The summed E-state index contributed by atoms with van der Waals surface area (Å²) in [5.74, 6) is 0.932. The first-order valence-corrected chi connectivity index (χ1v) is 9.24. The van der Waals surface area contributed by atoms with E-state index in [1.54, 1.807) is 18.3 Å². The van der Waals surface area contributed by atoms with Crippen LogP contribution in [0.15, 0.2) is 65.9 Å². The van der Waals surface area contributed by atoms with Gasteiger partial charge >= 0.3 is 0 Å². The SMILES string of the molecule is CC(=N\Nc1ccccn1)/C(=C\c1c(C)cc(C)cc1C)c1ccc(O)cc1. The number of aryl methyl sites for hydroxylation is 3. The minimum absolute atomic E-state index is 0.243. The number of nitrogens with one attached hydrogen (secondary N) is 1. The molecule has 0 saturated carbocycles. The van der Waals surface area contributed by atoms with E-state index >= 15 is 0 Å². The lowest BCUT2D eigenvalue weighted by atomic mass is 9.94. The Kier molecular flexibility index (Phi) is 5.90. The third kappa shape index (κ3) is 4.65. The third-order valence-corrected chi connectivity index (χ3v) is 4.60. The van der Waals surface area contributed by atoms with Gasteiger partial charge in [0.05, 0.1) is 5.71 Å². The Labute approximate surface area is 166 Å². The van der Waals surface area contributed by atoms with E-state index in [4.69, 9.17) is 0 Å². The molecule has 0 aliphatic heterocycles. The number of phenolic OH excluding ortho intramolecular Hbond substituents is 1. The molecule has 0 radical (unpaired) electrons. The molecule has 1 aromatic heterocycles. The van der Waals surface area contributed by atoms with Crippen LogP contribution in [0.4, 0.5) is 5.82 Å². The van der Waals surface area contributed by atoms with Crippen molar-refractivity contribution in [2.45, 2.75) is 27.7 Å². The van der Waals surface area contributed by atoms with Crippen molar-refractivity contribution in [1.82, 2.24) is 4.98 Å². The van der Waals surface area contributed by atoms with Crippen LogP contribution < -0.4 is 5.43 Å². The van der Waals surface area contributed by atoms with Crippen molar-refractivity contribution in [2.75, 3.05) is 5.43 Å². The Balaban J connectivity index is 2.06. The van der Waals surface area contributed by atoms with Crippen LogP contribution in [0.3, 0.4) is 0 Å². The topological polar surface area (TPSA) is 57.5 Å². The van der Waals surface area contributed by atoms with Gasteiger partial charge in [0.25, 0.3) is 0 Å². The standard InChI is InChI=1S/C24H25N3O/c1-16-13-17(2)22(18(3)14-16)15-23(20-8-10-21(28)11-9-20)19(4)26-27-24-7-5-6-12-25-24/h5-15,28H,1-4H3,(H,25,27)/b23-15+,26-19+. The Hall–Kier alpha value is -3.40. The van der Waals surface area contributed by atoms with Crippen LogP contribution in [0, 0.1) is 20.8 Å². The summed E-state index contributed by atoms with van der Waals surface area (Å²) in [6.07, 6.45) is 3.89. The minimum Gasteiger partial charge on any atom is -0.508 e. The van der Waals surface area contributed by atoms with Gasteiger partial charge in [-0.05, 0) is 80.3 Å². The molecule has 1 heterocycles. The van der Waals surface area contributed by atoms with Gasteiger partial charge < -0.3 is 5.11 Å². The average Bonchev–Trinajstić information content (AvgIpc) is 2.67. The minimum atomic E-state index is 0.243. The van der Waals surface area contributed by atoms with Gasteiger partial charge in [-0.2, -0.15) is 5.10 Å². The van der Waals surface area contributed by atoms with Gasteiger partial charge in [-0.1, -0.05) is 35.9 Å². The summed E-state index contributed by atoms with van der Waals surface area (Å²) in [7, 11) is 0. The van der Waals surface area contributed by atoms with Crippen LogP contribution in [0.25, 0.3) is 11.6 Å². The smallest absolute Gasteiger partial charge is 0.146 e. The summed E-state index contributed by atoms with van der Waals surface area (Å²) in [6.45, 7) is 8.32. The molecule has 0 saturated heterocycles. The zero-order valence-corrected chi connectivity index (χ0v) is 16.7. The summed E-state index contributed by atoms with van der Waals surface area (Å²) in [4.78, 5) is 4.25. The molecule has 0 unspecified atom stereocenters. The molecular formula is C24H25N3O. The van der Waals surface area contributed by atoms with Crippen molar-refractivity contribution in [3.05, 3.63) is 88.6 Å². The van der Waals surface area contributed by atoms with Crippen LogP contribution in [-0.2, 0) is 0 Å². The molecule has 0 amide bonds. The number of allylic oxidation sites excluding steroid dienone is 1. The normalized spacial score (nSPS) is 12.1. The summed E-state index contributed by atoms with van der Waals surface area (Å²) < 4.78 is 0. The van der Waals surface area contributed by atoms with Crippen molar-refractivity contribution in [2.24, 2.45) is 5.10 Å². The van der Waals surface area contributed by atoms with Crippen LogP contribution in [0.2, 0.25) is 0 Å². The van der Waals surface area contributed by atoms with E-state index in [2.05, 4.69) is 54.5 Å². The number of hydrogen-bond donors (Lipinski definition) is 2. The van der Waals surface area contributed by atoms with Gasteiger partial charge in [0, 0.05) is 11.8 Å². The average molecular weight is 371 g/mol. The lowest BCUT2D eigenvalue weighted by molar-refractivity contribution is 0.475. The Morgan fingerprint density at radius 1 is 1.00 bits per heavy atom. The van der Waals surface area contributed by atoms with Gasteiger partial charge in [-0.3, -0.25) is 5.43 Å². The fourth-order valence-corrected chi connectivity index (χ4v) is 3.23. The molecule has 0 spiro atoms. The number of hydrazone groups is 1. The number of nitrogens with zero attached hydrogens (tertiary/aromatic N) is 2. The Morgan fingerprint density at radius 3 is 2.29 bits per heavy atom. The maximum absolute atomic E-state index is 9.67. The summed E-state index contributed by atoms with van der Waals surface area (Å²) in [5, 5.41) is 14.2. The highest BCUT2D eigenvalue weighted by Crippen LogP contribution is 2.26. The number of aromatic nitrogens is 1. The first kappa shape index (κ1) is 19.4. The first-order valence-electron chi connectivity index (χ1n) is 9.24. The van der Waals surface area contributed by atoms with Crippen molar-refractivity contribution < 1.29 is 5.11 Å². The largest absolute Gasteiger partial charge is 0.508 e. The molecule has 3 aromatic rings. The zero-order chi connectivity index (χ0) is 20.1. The van der Waals surface area contributed by atoms with Crippen molar-refractivity contribution in [1.29, 1.82) is 0 Å². The second-order valence-corrected chi connectivity index (χ2v) is 6.94. The third-order valence-electron chi connectivity index (χ3n) is 4.60. The fourth-order valence-electron chi connectivity index (χ4n) is 3.23. The molecule has 4 nitrogen and oxygen atoms in total. The van der Waals surface area contributed by atoms with E-state index in [1.807, 2.05) is 37.3 Å². The molecule has 4 heteroatoms. The van der Waals surface area contributed by atoms with Crippen molar-refractivity contribution >= 4 is 23.2 Å². The van der Waals surface area contributed by atoms with Gasteiger partial charge in [0.15, 0.2) is 0 Å². The number of hydrogen-bond acceptors (Lipinski definition) is 4. The molecule has 2 N–H and O–H groups in total. The molecule has 0 aliphatic rings. The number of rotatable bonds is 5. The molecule has 0 bridgehead atoms. The van der Waals surface area contributed by atoms with Crippen LogP contribution in [0.1, 0.15) is 34.7 Å². The van der Waals surface area contributed by atoms with E-state index in [0.717, 1.165) is 16.8 Å². The van der Waals surface area contributed by atoms with Crippen LogP contribution >= 0.6 is 0 Å². The number of anilines is 1. The molecule has 2 aromatic carbocycles. The van der Waals surface area contributed by atoms with Crippen molar-refractivity contribution in [3.63, 3.8) is 0 Å². The van der Waals surface area contributed by atoms with Gasteiger partial charge in [-0.25, -0.2) is 4.98 Å². The van der Waals surface area contributed by atoms with Gasteiger partial charge in [-0.15, -0.1) is 0 Å². The highest BCUT2D eigenvalue weighted by Gasteiger charge is 2.10. The molecule has 28 heavy (non-hydrogen) atoms. The molecular weight excluding hydrogens is 346 g/mol. The monoisotopic (exact) mass is 371 g/mol. The number of phenols is 1. The van der Waals surface area contributed by atoms with Crippen LogP contribution in [0.5, 0.6) is 5.75 Å². The quantitative estimate of drug-likeness (QED) is 0.341. The Morgan fingerprint density at radius 2 is 1.68 bits per heavy atom. The molecule has 0 fully saturated rings. The van der Waals surface area contributed by atoms with Gasteiger partial charge in [0.1, 0.15) is 11.6 Å². The molecule has 0 aliphatic carbocycles. The van der Waals surface area contributed by atoms with E-state index in [9.17, 15) is 5.11 Å². The first-order chi connectivity index (χ1) is 13.4. The van der Waals surface area contributed by atoms with E-state index < -0.39 is 0 Å². The highest BCUT2D eigenvalue weighted by molar-refractivity contribution is 6.27. The molecule has 0 atom stereocenters. The summed E-state index contributed by atoms with van der Waals surface area (Å²) in [5.41, 5.74) is 10.7. The predicted octanol–water partition coefficient (Wildman–Crippen LogP) is 5.74. The Bertz CT molecular complexity index is 996. The fraction of sp³-hybridized carbons (Fsp3) is 0.167. The maximum Gasteiger partial charge on any atom is 0.146 e. The number of benzene rings is 2. The second kappa shape index (κ2) is 8.53.